The minimum Gasteiger partial charge on any atom is -0.506 e. The van der Waals surface area contributed by atoms with Crippen LogP contribution in [0.15, 0.2) is 76.0 Å². The molecule has 2 aliphatic rings. The molecule has 8 nitrogen and oxygen atoms in total. The normalized spacial score (nSPS) is 19.4. The zero-order valence-electron chi connectivity index (χ0n) is 22.0. The number of carbonyl (C=O) groups is 2. The van der Waals surface area contributed by atoms with Gasteiger partial charge in [-0.15, -0.1) is 0 Å². The number of rotatable bonds is 8. The fourth-order valence-corrected chi connectivity index (χ4v) is 5.66. The molecule has 2 aliphatic heterocycles. The second-order valence-electron chi connectivity index (χ2n) is 9.48. The van der Waals surface area contributed by atoms with Crippen LogP contribution in [0.1, 0.15) is 30.9 Å². The highest BCUT2D eigenvalue weighted by Gasteiger charge is 2.33. The molecular weight excluding hydrogens is 514 g/mol. The van der Waals surface area contributed by atoms with Crippen molar-refractivity contribution in [1.29, 1.82) is 0 Å². The fourth-order valence-electron chi connectivity index (χ4n) is 4.63. The number of esters is 1. The van der Waals surface area contributed by atoms with Crippen molar-refractivity contribution in [3.63, 3.8) is 0 Å². The van der Waals surface area contributed by atoms with E-state index in [0.717, 1.165) is 41.5 Å². The van der Waals surface area contributed by atoms with Crippen LogP contribution in [0, 0.1) is 6.92 Å². The van der Waals surface area contributed by atoms with Crippen LogP contribution in [-0.2, 0) is 25.6 Å². The van der Waals surface area contributed by atoms with Crippen LogP contribution in [0.3, 0.4) is 0 Å². The largest absolute Gasteiger partial charge is 0.506 e. The molecule has 3 heterocycles. The molecule has 202 valence electrons. The van der Waals surface area contributed by atoms with E-state index in [-0.39, 0.29) is 36.5 Å². The number of fused-ring (bicyclic) bond motifs is 1. The number of carbonyl (C=O) groups excluding carboxylic acids is 2. The van der Waals surface area contributed by atoms with Gasteiger partial charge in [0.1, 0.15) is 22.9 Å². The Balaban J connectivity index is 1.45. The molecule has 1 fully saturated rings. The summed E-state index contributed by atoms with van der Waals surface area (Å²) in [6, 6.07) is 15.4. The smallest absolute Gasteiger partial charge is 0.344 e. The molecule has 0 spiro atoms. The summed E-state index contributed by atoms with van der Waals surface area (Å²) in [6.07, 6.45) is 5.77. The predicted molar refractivity (Wildman–Crippen MR) is 154 cm³/mol. The van der Waals surface area contributed by atoms with Crippen molar-refractivity contribution < 1.29 is 24.2 Å². The lowest BCUT2D eigenvalue weighted by atomic mass is 10.1. The van der Waals surface area contributed by atoms with Gasteiger partial charge in [-0.2, -0.15) is 0 Å². The van der Waals surface area contributed by atoms with Crippen LogP contribution in [0.25, 0.3) is 17.0 Å². The molecule has 1 amide bonds. The average molecular weight is 546 g/mol. The van der Waals surface area contributed by atoms with Gasteiger partial charge in [-0.3, -0.25) is 4.79 Å². The number of aliphatic hydroxyl groups excluding tert-OH is 1. The first kappa shape index (κ1) is 26.8. The number of aliphatic imine (C=N–C) groups is 1. The number of para-hydroxylation sites is 1. The highest BCUT2D eigenvalue weighted by Crippen LogP contribution is 2.41. The van der Waals surface area contributed by atoms with E-state index in [9.17, 15) is 14.7 Å². The van der Waals surface area contributed by atoms with Crippen molar-refractivity contribution in [2.24, 2.45) is 4.99 Å². The molecule has 0 radical (unpaired) electrons. The van der Waals surface area contributed by atoms with E-state index < -0.39 is 5.97 Å². The van der Waals surface area contributed by atoms with Gasteiger partial charge in [0.15, 0.2) is 0 Å². The molecule has 2 N–H and O–H groups in total. The molecule has 1 aromatic heterocycles. The van der Waals surface area contributed by atoms with Crippen LogP contribution in [0.2, 0.25) is 0 Å². The summed E-state index contributed by atoms with van der Waals surface area (Å²) in [6.45, 7) is 5.29. The van der Waals surface area contributed by atoms with Crippen LogP contribution in [0.4, 0.5) is 5.69 Å². The first-order valence-corrected chi connectivity index (χ1v) is 13.9. The lowest BCUT2D eigenvalue weighted by molar-refractivity contribution is -0.138. The molecule has 0 aliphatic carbocycles. The number of thioether (sulfide) groups is 1. The number of ether oxygens (including phenoxy) is 2. The Labute approximate surface area is 231 Å². The van der Waals surface area contributed by atoms with E-state index in [1.165, 1.54) is 11.8 Å². The van der Waals surface area contributed by atoms with Gasteiger partial charge < -0.3 is 24.5 Å². The molecule has 2 aromatic carbocycles. The summed E-state index contributed by atoms with van der Waals surface area (Å²) < 4.78 is 12.7. The molecule has 9 heteroatoms. The Morgan fingerprint density at radius 2 is 2.03 bits per heavy atom. The minimum atomic E-state index is -0.623. The van der Waals surface area contributed by atoms with Crippen LogP contribution < -0.4 is 5.32 Å². The third-order valence-electron chi connectivity index (χ3n) is 6.61. The molecule has 3 aromatic rings. The summed E-state index contributed by atoms with van der Waals surface area (Å²) >= 11 is 1.21. The number of nitrogens with zero attached hydrogens (tertiary/aromatic N) is 2. The number of aliphatic hydroxyl groups is 1. The number of benzene rings is 2. The Kier molecular flexibility index (Phi) is 8.18. The fraction of sp³-hybridized carbons (Fsp3) is 0.300. The highest BCUT2D eigenvalue weighted by molar-refractivity contribution is 8.18. The van der Waals surface area contributed by atoms with Crippen LogP contribution in [0.5, 0.6) is 0 Å². The molecule has 1 unspecified atom stereocenters. The Hall–Kier alpha value is -3.82. The van der Waals surface area contributed by atoms with Gasteiger partial charge in [0.25, 0.3) is 0 Å². The molecular formula is C30H31N3O5S. The summed E-state index contributed by atoms with van der Waals surface area (Å²) in [7, 11) is 0. The second-order valence-corrected chi connectivity index (χ2v) is 10.5. The molecule has 1 atom stereocenters. The first-order chi connectivity index (χ1) is 18.9. The van der Waals surface area contributed by atoms with E-state index in [1.807, 2.05) is 72.3 Å². The molecule has 0 saturated carbocycles. The summed E-state index contributed by atoms with van der Waals surface area (Å²) in [4.78, 5) is 30.6. The zero-order valence-corrected chi connectivity index (χ0v) is 22.8. The maximum atomic E-state index is 12.8. The van der Waals surface area contributed by atoms with Gasteiger partial charge in [-0.1, -0.05) is 47.7 Å². The molecule has 0 bridgehead atoms. The van der Waals surface area contributed by atoms with Crippen molar-refractivity contribution in [3.05, 3.63) is 82.1 Å². The predicted octanol–water partition coefficient (Wildman–Crippen LogP) is 5.44. The minimum absolute atomic E-state index is 0.0472. The van der Waals surface area contributed by atoms with Crippen molar-refractivity contribution in [1.82, 2.24) is 9.88 Å². The number of hydrogen-bond acceptors (Lipinski definition) is 7. The van der Waals surface area contributed by atoms with Crippen molar-refractivity contribution in [2.75, 3.05) is 19.8 Å². The standard InChI is InChI=1S/C30H31N3O5S/c1-3-37-30(36)27-28(35)25(39-29(27)32-21-12-10-19(2)11-13-21)15-20-17-33(24-9-5-4-8-23(20)24)18-26(34)31-16-22-7-6-14-38-22/h4-5,8-13,15,17,22,35H,3,6-7,14,16,18H2,1-2H3,(H,31,34)/b25-15-,32-29?. The second kappa shape index (κ2) is 11.9. The molecule has 5 rings (SSSR count). The summed E-state index contributed by atoms with van der Waals surface area (Å²) in [5.74, 6) is -0.891. The lowest BCUT2D eigenvalue weighted by Crippen LogP contribution is -2.34. The van der Waals surface area contributed by atoms with Crippen LogP contribution >= 0.6 is 11.8 Å². The topological polar surface area (TPSA) is 102 Å². The monoisotopic (exact) mass is 545 g/mol. The zero-order chi connectivity index (χ0) is 27.4. The van der Waals surface area contributed by atoms with Gasteiger partial charge in [-0.05, 0) is 51.0 Å². The summed E-state index contributed by atoms with van der Waals surface area (Å²) in [5.41, 5.74) is 3.52. The molecule has 39 heavy (non-hydrogen) atoms. The van der Waals surface area contributed by atoms with E-state index in [2.05, 4.69) is 10.3 Å². The Bertz CT molecular complexity index is 1480. The van der Waals surface area contributed by atoms with Gasteiger partial charge in [0, 0.05) is 35.8 Å². The van der Waals surface area contributed by atoms with Crippen molar-refractivity contribution in [2.45, 2.75) is 39.3 Å². The maximum absolute atomic E-state index is 12.8. The number of hydrogen-bond donors (Lipinski definition) is 2. The molecule has 1 saturated heterocycles. The number of aryl methyl sites for hydroxylation is 1. The summed E-state index contributed by atoms with van der Waals surface area (Å²) in [5, 5.41) is 15.4. The van der Waals surface area contributed by atoms with E-state index in [0.29, 0.717) is 22.2 Å². The van der Waals surface area contributed by atoms with E-state index >= 15 is 0 Å². The Morgan fingerprint density at radius 3 is 2.77 bits per heavy atom. The van der Waals surface area contributed by atoms with Gasteiger partial charge >= 0.3 is 5.97 Å². The maximum Gasteiger partial charge on any atom is 0.344 e. The van der Waals surface area contributed by atoms with E-state index in [1.54, 1.807) is 6.92 Å². The third-order valence-corrected chi connectivity index (χ3v) is 7.63. The quantitative estimate of drug-likeness (QED) is 0.366. The third kappa shape index (κ3) is 6.10. The number of aromatic nitrogens is 1. The van der Waals surface area contributed by atoms with Crippen molar-refractivity contribution in [3.8, 4) is 0 Å². The average Bonchev–Trinajstić information content (AvgIpc) is 3.64. The van der Waals surface area contributed by atoms with Crippen molar-refractivity contribution >= 4 is 51.3 Å². The first-order valence-electron chi connectivity index (χ1n) is 13.0. The Morgan fingerprint density at radius 1 is 1.23 bits per heavy atom. The van der Waals surface area contributed by atoms with Crippen LogP contribution in [-0.4, -0.2) is 52.5 Å². The van der Waals surface area contributed by atoms with Gasteiger partial charge in [0.2, 0.25) is 5.91 Å². The van der Waals surface area contributed by atoms with E-state index in [4.69, 9.17) is 9.47 Å². The van der Waals surface area contributed by atoms with Gasteiger partial charge in [0.05, 0.1) is 23.3 Å². The van der Waals surface area contributed by atoms with Gasteiger partial charge in [-0.25, -0.2) is 9.79 Å². The number of nitrogens with one attached hydrogen (secondary N) is 1. The lowest BCUT2D eigenvalue weighted by Gasteiger charge is -2.11. The SMILES string of the molecule is CCOC(=O)C1=C(O)/C(=C/c2cn(CC(=O)NCC3CCCO3)c3ccccc23)SC1=Nc1ccc(C)cc1. The highest BCUT2D eigenvalue weighted by atomic mass is 32.2. The number of amides is 1.